The van der Waals surface area contributed by atoms with Crippen molar-refractivity contribution in [3.63, 3.8) is 0 Å². The highest BCUT2D eigenvalue weighted by Gasteiger charge is 2.11. The Hall–Kier alpha value is -3.31. The molecule has 0 unspecified atom stereocenters. The minimum atomic E-state index is 0. The zero-order chi connectivity index (χ0) is 17.9. The smallest absolute Gasteiger partial charge is 0.161 e. The highest BCUT2D eigenvalue weighted by atomic mass is 35.5. The molecular formula is C21H18ClN3O2. The van der Waals surface area contributed by atoms with Crippen molar-refractivity contribution in [1.29, 1.82) is 0 Å². The Balaban J connectivity index is 0.00000210. The Morgan fingerprint density at radius 1 is 0.815 bits per heavy atom. The largest absolute Gasteiger partial charge is 0.508 e. The molecule has 0 atom stereocenters. The van der Waals surface area contributed by atoms with E-state index < -0.39 is 0 Å². The second-order valence-electron chi connectivity index (χ2n) is 5.84. The molecule has 0 saturated heterocycles. The lowest BCUT2D eigenvalue weighted by Crippen LogP contribution is -1.99. The van der Waals surface area contributed by atoms with Gasteiger partial charge in [0.05, 0.1) is 7.11 Å². The standard InChI is InChI=1S/C21H17N3O2.ClH/c1-26-17-12-6-14(7-13-17)20-18-4-2-3-5-19(18)21(24-23-20)22-15-8-10-16(25)11-9-15;/h2-13,25H,1H3,(H,22,24);1H. The molecule has 0 radical (unpaired) electrons. The number of benzene rings is 3. The molecule has 0 saturated carbocycles. The van der Waals surface area contributed by atoms with Gasteiger partial charge in [0.1, 0.15) is 17.2 Å². The molecule has 2 N–H and O–H groups in total. The van der Waals surface area contributed by atoms with Crippen LogP contribution in [-0.4, -0.2) is 22.4 Å². The van der Waals surface area contributed by atoms with Crippen LogP contribution in [0.2, 0.25) is 0 Å². The van der Waals surface area contributed by atoms with Crippen LogP contribution in [0.4, 0.5) is 11.5 Å². The molecule has 5 nitrogen and oxygen atoms in total. The number of nitrogens with one attached hydrogen (secondary N) is 1. The summed E-state index contributed by atoms with van der Waals surface area (Å²) < 4.78 is 5.22. The molecule has 0 amide bonds. The summed E-state index contributed by atoms with van der Waals surface area (Å²) >= 11 is 0. The minimum absolute atomic E-state index is 0. The maximum absolute atomic E-state index is 9.43. The lowest BCUT2D eigenvalue weighted by Gasteiger charge is -2.11. The van der Waals surface area contributed by atoms with E-state index in [-0.39, 0.29) is 18.2 Å². The number of aromatic nitrogens is 2. The van der Waals surface area contributed by atoms with Crippen molar-refractivity contribution < 1.29 is 9.84 Å². The average Bonchev–Trinajstić information content (AvgIpc) is 2.70. The molecule has 6 heteroatoms. The van der Waals surface area contributed by atoms with Gasteiger partial charge in [0.2, 0.25) is 0 Å². The van der Waals surface area contributed by atoms with Gasteiger partial charge in [-0.3, -0.25) is 0 Å². The number of fused-ring (bicyclic) bond motifs is 1. The Morgan fingerprint density at radius 3 is 2.15 bits per heavy atom. The second kappa shape index (κ2) is 7.93. The van der Waals surface area contributed by atoms with Crippen molar-refractivity contribution >= 4 is 34.7 Å². The number of nitrogens with zero attached hydrogens (tertiary/aromatic N) is 2. The van der Waals surface area contributed by atoms with E-state index in [1.807, 2.05) is 48.5 Å². The molecule has 136 valence electrons. The van der Waals surface area contributed by atoms with Crippen molar-refractivity contribution in [3.05, 3.63) is 72.8 Å². The van der Waals surface area contributed by atoms with Gasteiger partial charge in [-0.15, -0.1) is 22.6 Å². The maximum atomic E-state index is 9.43. The Labute approximate surface area is 163 Å². The van der Waals surface area contributed by atoms with Gasteiger partial charge in [0.15, 0.2) is 5.82 Å². The van der Waals surface area contributed by atoms with Gasteiger partial charge < -0.3 is 15.2 Å². The number of hydrogen-bond donors (Lipinski definition) is 2. The van der Waals surface area contributed by atoms with Crippen molar-refractivity contribution in [2.45, 2.75) is 0 Å². The third-order valence-electron chi connectivity index (χ3n) is 4.18. The zero-order valence-electron chi connectivity index (χ0n) is 14.6. The first-order valence-corrected chi connectivity index (χ1v) is 8.20. The van der Waals surface area contributed by atoms with E-state index in [0.717, 1.165) is 33.5 Å². The van der Waals surface area contributed by atoms with Crippen molar-refractivity contribution in [1.82, 2.24) is 10.2 Å². The Morgan fingerprint density at radius 2 is 1.48 bits per heavy atom. The van der Waals surface area contributed by atoms with E-state index in [4.69, 9.17) is 4.74 Å². The van der Waals surface area contributed by atoms with Crippen molar-refractivity contribution in [2.75, 3.05) is 12.4 Å². The van der Waals surface area contributed by atoms with E-state index >= 15 is 0 Å². The summed E-state index contributed by atoms with van der Waals surface area (Å²) in [5, 5.41) is 23.5. The molecule has 4 rings (SSSR count). The van der Waals surface area contributed by atoms with Gasteiger partial charge in [-0.25, -0.2) is 0 Å². The van der Waals surface area contributed by atoms with Crippen LogP contribution in [0.5, 0.6) is 11.5 Å². The van der Waals surface area contributed by atoms with Crippen LogP contribution >= 0.6 is 12.4 Å². The summed E-state index contributed by atoms with van der Waals surface area (Å²) in [6.07, 6.45) is 0. The Kier molecular flexibility index (Phi) is 5.43. The fourth-order valence-electron chi connectivity index (χ4n) is 2.84. The summed E-state index contributed by atoms with van der Waals surface area (Å²) in [7, 11) is 1.65. The highest BCUT2D eigenvalue weighted by molar-refractivity contribution is 6.00. The predicted octanol–water partition coefficient (Wildman–Crippen LogP) is 5.18. The zero-order valence-corrected chi connectivity index (χ0v) is 15.4. The fraction of sp³-hybridized carbons (Fsp3) is 0.0476. The van der Waals surface area contributed by atoms with Crippen molar-refractivity contribution in [2.24, 2.45) is 0 Å². The molecule has 0 aliphatic heterocycles. The van der Waals surface area contributed by atoms with Gasteiger partial charge >= 0.3 is 0 Å². The summed E-state index contributed by atoms with van der Waals surface area (Å²) in [5.41, 5.74) is 2.63. The van der Waals surface area contributed by atoms with E-state index in [9.17, 15) is 5.11 Å². The average molecular weight is 380 g/mol. The van der Waals surface area contributed by atoms with E-state index in [0.29, 0.717) is 5.82 Å². The van der Waals surface area contributed by atoms with Gasteiger partial charge in [-0.2, -0.15) is 0 Å². The monoisotopic (exact) mass is 379 g/mol. The van der Waals surface area contributed by atoms with Gasteiger partial charge in [-0.1, -0.05) is 24.3 Å². The van der Waals surface area contributed by atoms with Crippen LogP contribution < -0.4 is 10.1 Å². The van der Waals surface area contributed by atoms with E-state index in [1.165, 1.54) is 0 Å². The minimum Gasteiger partial charge on any atom is -0.508 e. The fourth-order valence-corrected chi connectivity index (χ4v) is 2.84. The van der Waals surface area contributed by atoms with Crippen LogP contribution in [0.15, 0.2) is 72.8 Å². The highest BCUT2D eigenvalue weighted by Crippen LogP contribution is 2.31. The molecule has 0 bridgehead atoms. The summed E-state index contributed by atoms with van der Waals surface area (Å²) in [4.78, 5) is 0. The normalized spacial score (nSPS) is 10.3. The number of hydrogen-bond acceptors (Lipinski definition) is 5. The number of phenols is 1. The molecule has 0 spiro atoms. The predicted molar refractivity (Wildman–Crippen MR) is 110 cm³/mol. The third-order valence-corrected chi connectivity index (χ3v) is 4.18. The number of methoxy groups -OCH3 is 1. The summed E-state index contributed by atoms with van der Waals surface area (Å²) in [6, 6.07) is 22.6. The quantitative estimate of drug-likeness (QED) is 0.478. The van der Waals surface area contributed by atoms with Crippen LogP contribution in [0, 0.1) is 0 Å². The topological polar surface area (TPSA) is 67.3 Å². The lowest BCUT2D eigenvalue weighted by molar-refractivity contribution is 0.415. The molecule has 0 fully saturated rings. The van der Waals surface area contributed by atoms with Gasteiger partial charge in [0, 0.05) is 22.0 Å². The van der Waals surface area contributed by atoms with Gasteiger partial charge in [0.25, 0.3) is 0 Å². The van der Waals surface area contributed by atoms with Crippen LogP contribution in [0.1, 0.15) is 0 Å². The molecule has 0 aliphatic rings. The number of aromatic hydroxyl groups is 1. The molecule has 4 aromatic rings. The second-order valence-corrected chi connectivity index (χ2v) is 5.84. The molecule has 3 aromatic carbocycles. The van der Waals surface area contributed by atoms with Crippen LogP contribution in [-0.2, 0) is 0 Å². The number of ether oxygens (including phenoxy) is 1. The molecule has 1 aromatic heterocycles. The lowest BCUT2D eigenvalue weighted by atomic mass is 10.0. The van der Waals surface area contributed by atoms with E-state index in [1.54, 1.807) is 31.4 Å². The first-order chi connectivity index (χ1) is 12.7. The molecular weight excluding hydrogens is 362 g/mol. The van der Waals surface area contributed by atoms with Crippen LogP contribution in [0.3, 0.4) is 0 Å². The molecule has 1 heterocycles. The maximum Gasteiger partial charge on any atom is 0.161 e. The van der Waals surface area contributed by atoms with Crippen molar-refractivity contribution in [3.8, 4) is 22.8 Å². The van der Waals surface area contributed by atoms with Crippen LogP contribution in [0.25, 0.3) is 22.0 Å². The number of anilines is 2. The number of halogens is 1. The number of rotatable bonds is 4. The Bertz CT molecular complexity index is 1050. The first-order valence-electron chi connectivity index (χ1n) is 8.20. The number of phenolic OH excluding ortho intramolecular Hbond substituents is 1. The molecule has 0 aliphatic carbocycles. The summed E-state index contributed by atoms with van der Waals surface area (Å²) in [6.45, 7) is 0. The molecule has 27 heavy (non-hydrogen) atoms. The summed E-state index contributed by atoms with van der Waals surface area (Å²) in [5.74, 6) is 1.70. The van der Waals surface area contributed by atoms with E-state index in [2.05, 4.69) is 15.5 Å². The SMILES string of the molecule is COc1ccc(-c2nnc(Nc3ccc(O)cc3)c3ccccc23)cc1.Cl. The van der Waals surface area contributed by atoms with Gasteiger partial charge in [-0.05, 0) is 48.5 Å². The third kappa shape index (κ3) is 3.78. The first kappa shape index (κ1) is 18.5.